The zero-order chi connectivity index (χ0) is 22.5. The third kappa shape index (κ3) is 3.11. The summed E-state index contributed by atoms with van der Waals surface area (Å²) in [5, 5.41) is 8.81. The second kappa shape index (κ2) is 7.42. The molecule has 160 valence electrons. The first-order chi connectivity index (χ1) is 15.4. The van der Waals surface area contributed by atoms with Crippen LogP contribution in [0.15, 0.2) is 77.7 Å². The Morgan fingerprint density at radius 2 is 1.53 bits per heavy atom. The first kappa shape index (κ1) is 20.1. The predicted molar refractivity (Wildman–Crippen MR) is 125 cm³/mol. The molecule has 0 fully saturated rings. The minimum atomic E-state index is -3.84. The second-order valence-corrected chi connectivity index (χ2v) is 9.68. The average molecular weight is 444 g/mol. The molecule has 0 aliphatic carbocycles. The summed E-state index contributed by atoms with van der Waals surface area (Å²) in [5.74, 6) is 0.857. The van der Waals surface area contributed by atoms with Crippen molar-refractivity contribution in [2.45, 2.75) is 18.7 Å². The molecule has 0 aliphatic rings. The number of para-hydroxylation sites is 2. The molecule has 0 aliphatic heterocycles. The van der Waals surface area contributed by atoms with Crippen LogP contribution in [0.5, 0.6) is 0 Å². The van der Waals surface area contributed by atoms with Crippen LogP contribution in [0, 0.1) is 13.8 Å². The van der Waals surface area contributed by atoms with Crippen LogP contribution in [0.3, 0.4) is 0 Å². The Morgan fingerprint density at radius 3 is 2.28 bits per heavy atom. The lowest BCUT2D eigenvalue weighted by Gasteiger charge is -2.20. The van der Waals surface area contributed by atoms with Crippen LogP contribution in [0.2, 0.25) is 0 Å². The van der Waals surface area contributed by atoms with Crippen molar-refractivity contribution in [3.05, 3.63) is 83.9 Å². The van der Waals surface area contributed by atoms with E-state index < -0.39 is 10.0 Å². The van der Waals surface area contributed by atoms with Gasteiger partial charge in [-0.2, -0.15) is 0 Å². The molecule has 0 bridgehead atoms. The highest BCUT2D eigenvalue weighted by Crippen LogP contribution is 2.31. The van der Waals surface area contributed by atoms with Crippen LogP contribution in [0.4, 0.5) is 5.82 Å². The van der Waals surface area contributed by atoms with Crippen molar-refractivity contribution in [1.82, 2.24) is 19.6 Å². The van der Waals surface area contributed by atoms with Gasteiger partial charge in [0.25, 0.3) is 10.0 Å². The summed E-state index contributed by atoms with van der Waals surface area (Å²) in [5.41, 5.74) is 4.78. The molecule has 0 N–H and O–H groups in total. The number of aromatic nitrogens is 4. The highest BCUT2D eigenvalue weighted by Gasteiger charge is 2.27. The Bertz CT molecular complexity index is 1570. The van der Waals surface area contributed by atoms with Gasteiger partial charge in [-0.25, -0.2) is 17.7 Å². The quantitative estimate of drug-likeness (QED) is 0.412. The molecule has 0 saturated heterocycles. The van der Waals surface area contributed by atoms with Crippen molar-refractivity contribution in [2.24, 2.45) is 0 Å². The number of sulfonamides is 1. The zero-order valence-corrected chi connectivity index (χ0v) is 18.7. The average Bonchev–Trinajstić information content (AvgIpc) is 3.24. The monoisotopic (exact) mass is 443 g/mol. The van der Waals surface area contributed by atoms with E-state index in [1.54, 1.807) is 24.3 Å². The Labute approximate surface area is 186 Å². The Balaban J connectivity index is 1.79. The number of fused-ring (bicyclic) bond motifs is 3. The van der Waals surface area contributed by atoms with E-state index in [1.165, 1.54) is 11.4 Å². The molecule has 2 heterocycles. The van der Waals surface area contributed by atoms with Crippen molar-refractivity contribution in [2.75, 3.05) is 11.4 Å². The summed E-state index contributed by atoms with van der Waals surface area (Å²) in [4.78, 5) is 4.86. The van der Waals surface area contributed by atoms with Crippen LogP contribution >= 0.6 is 0 Å². The first-order valence-electron chi connectivity index (χ1n) is 10.1. The molecule has 0 saturated carbocycles. The van der Waals surface area contributed by atoms with Crippen LogP contribution < -0.4 is 4.31 Å². The van der Waals surface area contributed by atoms with Gasteiger partial charge in [0.15, 0.2) is 11.6 Å². The summed E-state index contributed by atoms with van der Waals surface area (Å²) < 4.78 is 29.8. The number of benzene rings is 3. The fraction of sp³-hybridized carbons (Fsp3) is 0.125. The van der Waals surface area contributed by atoms with Gasteiger partial charge in [0, 0.05) is 12.6 Å². The SMILES string of the molecule is Cc1ccc(S(=O)(=O)N(C)c2nc3ccccc3n3c(-c4ccccc4C)nnc23)cc1. The number of nitrogens with zero attached hydrogens (tertiary/aromatic N) is 5. The highest BCUT2D eigenvalue weighted by molar-refractivity contribution is 7.92. The highest BCUT2D eigenvalue weighted by atomic mass is 32.2. The normalized spacial score (nSPS) is 11.8. The number of aryl methyl sites for hydroxylation is 2. The smallest absolute Gasteiger partial charge is 0.265 e. The number of hydrogen-bond donors (Lipinski definition) is 0. The fourth-order valence-electron chi connectivity index (χ4n) is 3.76. The van der Waals surface area contributed by atoms with E-state index >= 15 is 0 Å². The predicted octanol–water partition coefficient (Wildman–Crippen LogP) is 4.39. The van der Waals surface area contributed by atoms with E-state index in [2.05, 4.69) is 15.2 Å². The van der Waals surface area contributed by atoms with Gasteiger partial charge in [-0.05, 0) is 43.7 Å². The topological polar surface area (TPSA) is 80.5 Å². The molecule has 5 aromatic rings. The molecule has 0 radical (unpaired) electrons. The molecule has 5 rings (SSSR count). The van der Waals surface area contributed by atoms with Gasteiger partial charge in [0.2, 0.25) is 5.65 Å². The Hall–Kier alpha value is -3.78. The lowest BCUT2D eigenvalue weighted by atomic mass is 10.1. The van der Waals surface area contributed by atoms with Crippen LogP contribution in [0.25, 0.3) is 28.1 Å². The molecule has 0 amide bonds. The van der Waals surface area contributed by atoms with Gasteiger partial charge in [-0.3, -0.25) is 4.40 Å². The summed E-state index contributed by atoms with van der Waals surface area (Å²) in [7, 11) is -2.35. The van der Waals surface area contributed by atoms with Crippen molar-refractivity contribution in [1.29, 1.82) is 0 Å². The molecule has 8 heteroatoms. The molecule has 2 aromatic heterocycles. The van der Waals surface area contributed by atoms with Crippen molar-refractivity contribution >= 4 is 32.5 Å². The zero-order valence-electron chi connectivity index (χ0n) is 17.9. The summed E-state index contributed by atoms with van der Waals surface area (Å²) >= 11 is 0. The van der Waals surface area contributed by atoms with Crippen molar-refractivity contribution in [3.8, 4) is 11.4 Å². The van der Waals surface area contributed by atoms with E-state index in [4.69, 9.17) is 0 Å². The van der Waals surface area contributed by atoms with Gasteiger partial charge < -0.3 is 0 Å². The van der Waals surface area contributed by atoms with Crippen molar-refractivity contribution < 1.29 is 8.42 Å². The Kier molecular flexibility index (Phi) is 4.67. The van der Waals surface area contributed by atoms with Gasteiger partial charge in [-0.1, -0.05) is 54.1 Å². The maximum Gasteiger partial charge on any atom is 0.265 e. The third-order valence-electron chi connectivity index (χ3n) is 5.58. The minimum Gasteiger partial charge on any atom is -0.270 e. The van der Waals surface area contributed by atoms with Crippen LogP contribution in [0.1, 0.15) is 11.1 Å². The second-order valence-electron chi connectivity index (χ2n) is 7.71. The lowest BCUT2D eigenvalue weighted by molar-refractivity contribution is 0.594. The third-order valence-corrected chi connectivity index (χ3v) is 7.34. The number of anilines is 1. The maximum absolute atomic E-state index is 13.4. The minimum absolute atomic E-state index is 0.192. The molecular formula is C24H21N5O2S. The standard InChI is InChI=1S/C24H21N5O2S/c1-16-12-14-18(15-13-16)32(30,31)28(3)23-24-27-26-22(19-9-5-4-8-17(19)2)29(24)21-11-7-6-10-20(21)25-23/h4-15H,1-3H3. The largest absolute Gasteiger partial charge is 0.270 e. The number of hydrogen-bond acceptors (Lipinski definition) is 5. The van der Waals surface area contributed by atoms with Gasteiger partial charge in [0.1, 0.15) is 0 Å². The van der Waals surface area contributed by atoms with Crippen LogP contribution in [-0.4, -0.2) is 35.0 Å². The molecular weight excluding hydrogens is 422 g/mol. The molecule has 0 unspecified atom stereocenters. The fourth-order valence-corrected chi connectivity index (χ4v) is 4.91. The first-order valence-corrected chi connectivity index (χ1v) is 11.6. The Morgan fingerprint density at radius 1 is 0.844 bits per heavy atom. The molecule has 3 aromatic carbocycles. The maximum atomic E-state index is 13.4. The lowest BCUT2D eigenvalue weighted by Crippen LogP contribution is -2.28. The van der Waals surface area contributed by atoms with Crippen molar-refractivity contribution in [3.63, 3.8) is 0 Å². The van der Waals surface area contributed by atoms with Gasteiger partial charge in [-0.15, -0.1) is 10.2 Å². The summed E-state index contributed by atoms with van der Waals surface area (Å²) in [6.45, 7) is 3.92. The van der Waals surface area contributed by atoms with E-state index in [1.807, 2.05) is 66.8 Å². The van der Waals surface area contributed by atoms with E-state index in [0.29, 0.717) is 17.0 Å². The van der Waals surface area contributed by atoms with Gasteiger partial charge in [0.05, 0.1) is 15.9 Å². The summed E-state index contributed by atoms with van der Waals surface area (Å²) in [6.07, 6.45) is 0. The van der Waals surface area contributed by atoms with E-state index in [0.717, 1.165) is 22.2 Å². The van der Waals surface area contributed by atoms with Crippen LogP contribution in [-0.2, 0) is 10.0 Å². The van der Waals surface area contributed by atoms with Gasteiger partial charge >= 0.3 is 0 Å². The van der Waals surface area contributed by atoms with E-state index in [-0.39, 0.29) is 10.7 Å². The van der Waals surface area contributed by atoms with E-state index in [9.17, 15) is 8.42 Å². The summed E-state index contributed by atoms with van der Waals surface area (Å²) in [6, 6.07) is 22.2. The number of rotatable bonds is 4. The molecule has 0 atom stereocenters. The molecule has 32 heavy (non-hydrogen) atoms. The molecule has 7 nitrogen and oxygen atoms in total. The molecule has 0 spiro atoms.